The number of benzene rings is 12. The van der Waals surface area contributed by atoms with Crippen LogP contribution in [0.1, 0.15) is 44.5 Å². The van der Waals surface area contributed by atoms with E-state index in [2.05, 4.69) is 276 Å². The molecule has 0 bridgehead atoms. The van der Waals surface area contributed by atoms with Crippen LogP contribution in [0.15, 0.2) is 267 Å². The van der Waals surface area contributed by atoms with Gasteiger partial charge in [-0.25, -0.2) is 0 Å². The van der Waals surface area contributed by atoms with E-state index in [0.717, 1.165) is 17.1 Å². The number of para-hydroxylation sites is 4. The summed E-state index contributed by atoms with van der Waals surface area (Å²) in [6.45, 7) is 0. The van der Waals surface area contributed by atoms with Gasteiger partial charge < -0.3 is 9.47 Å². The van der Waals surface area contributed by atoms with Crippen LogP contribution in [-0.4, -0.2) is 4.57 Å². The number of hydrogen-bond donors (Lipinski definition) is 0. The Labute approximate surface area is 429 Å². The van der Waals surface area contributed by atoms with Crippen LogP contribution in [-0.2, 0) is 10.8 Å². The van der Waals surface area contributed by atoms with Gasteiger partial charge in [0.25, 0.3) is 0 Å². The van der Waals surface area contributed by atoms with Crippen LogP contribution in [0, 0.1) is 0 Å². The summed E-state index contributed by atoms with van der Waals surface area (Å²) in [5, 5.41) is 5.10. The summed E-state index contributed by atoms with van der Waals surface area (Å²) in [7, 11) is 0. The van der Waals surface area contributed by atoms with Crippen LogP contribution in [0.2, 0.25) is 0 Å². The predicted molar refractivity (Wildman–Crippen MR) is 306 cm³/mol. The highest BCUT2D eigenvalue weighted by Crippen LogP contribution is 2.66. The molecule has 2 heterocycles. The lowest BCUT2D eigenvalue weighted by atomic mass is 9.65. The molecule has 1 atom stereocenters. The Morgan fingerprint density at radius 3 is 1.54 bits per heavy atom. The molecule has 0 radical (unpaired) electrons. The number of hydrogen-bond acceptors (Lipinski definition) is 1. The molecule has 0 fully saturated rings. The molecule has 3 aliphatic carbocycles. The summed E-state index contributed by atoms with van der Waals surface area (Å²) in [6.07, 6.45) is 0. The predicted octanol–water partition coefficient (Wildman–Crippen LogP) is 18.1. The second-order valence-electron chi connectivity index (χ2n) is 20.6. The molecule has 1 unspecified atom stereocenters. The first-order valence-electron chi connectivity index (χ1n) is 25.9. The van der Waals surface area contributed by atoms with Crippen LogP contribution in [0.5, 0.6) is 0 Å². The van der Waals surface area contributed by atoms with Crippen molar-refractivity contribution in [3.05, 3.63) is 311 Å². The third kappa shape index (κ3) is 4.86. The Balaban J connectivity index is 0.979. The van der Waals surface area contributed by atoms with Crippen molar-refractivity contribution in [1.82, 2.24) is 4.57 Å². The highest BCUT2D eigenvalue weighted by atomic mass is 15.1. The molecule has 2 heteroatoms. The van der Waals surface area contributed by atoms with Gasteiger partial charge in [0.1, 0.15) is 0 Å². The molecule has 17 rings (SSSR count). The Bertz CT molecular complexity index is 4530. The van der Waals surface area contributed by atoms with E-state index >= 15 is 0 Å². The number of aromatic nitrogens is 1. The van der Waals surface area contributed by atoms with E-state index in [0.29, 0.717) is 0 Å². The van der Waals surface area contributed by atoms with Crippen molar-refractivity contribution < 1.29 is 0 Å². The highest BCUT2D eigenvalue weighted by Gasteiger charge is 2.53. The molecule has 1 aromatic heterocycles. The molecule has 13 aromatic rings. The molecule has 0 amide bonds. The van der Waals surface area contributed by atoms with Crippen molar-refractivity contribution >= 4 is 49.6 Å². The highest BCUT2D eigenvalue weighted by molar-refractivity contribution is 6.13. The minimum Gasteiger partial charge on any atom is -0.310 e. The fourth-order valence-electron chi connectivity index (χ4n) is 14.7. The molecule has 2 nitrogen and oxygen atoms in total. The zero-order chi connectivity index (χ0) is 48.3. The average molecular weight is 937 g/mol. The van der Waals surface area contributed by atoms with E-state index in [4.69, 9.17) is 0 Å². The Morgan fingerprint density at radius 2 is 0.811 bits per heavy atom. The lowest BCUT2D eigenvalue weighted by molar-refractivity contribution is 0.748. The molecule has 4 aliphatic rings. The Hall–Kier alpha value is -9.50. The quantitative estimate of drug-likeness (QED) is 0.171. The molecule has 2 spiro atoms. The first kappa shape index (κ1) is 40.1. The number of rotatable bonds is 4. The van der Waals surface area contributed by atoms with Crippen LogP contribution in [0.25, 0.3) is 82.8 Å². The van der Waals surface area contributed by atoms with Gasteiger partial charge in [-0.2, -0.15) is 0 Å². The maximum absolute atomic E-state index is 2.56. The minimum atomic E-state index is -0.602. The van der Waals surface area contributed by atoms with Gasteiger partial charge in [-0.15, -0.1) is 0 Å². The van der Waals surface area contributed by atoms with Gasteiger partial charge >= 0.3 is 0 Å². The zero-order valence-corrected chi connectivity index (χ0v) is 40.3. The van der Waals surface area contributed by atoms with Crippen LogP contribution in [0.3, 0.4) is 0 Å². The van der Waals surface area contributed by atoms with E-state index in [1.54, 1.807) is 0 Å². The van der Waals surface area contributed by atoms with Gasteiger partial charge in [0, 0.05) is 27.7 Å². The number of fused-ring (bicyclic) bond motifs is 24. The summed E-state index contributed by atoms with van der Waals surface area (Å²) in [4.78, 5) is 2.56. The van der Waals surface area contributed by atoms with Gasteiger partial charge in [-0.1, -0.05) is 224 Å². The smallest absolute Gasteiger partial charge is 0.0755 e. The Morgan fingerprint density at radius 1 is 0.297 bits per heavy atom. The molecule has 0 saturated heterocycles. The second kappa shape index (κ2) is 14.6. The van der Waals surface area contributed by atoms with Crippen molar-refractivity contribution in [2.75, 3.05) is 4.90 Å². The van der Waals surface area contributed by atoms with Crippen molar-refractivity contribution in [1.29, 1.82) is 0 Å². The van der Waals surface area contributed by atoms with Crippen molar-refractivity contribution in [3.8, 4) is 50.2 Å². The van der Waals surface area contributed by atoms with Crippen molar-refractivity contribution in [3.63, 3.8) is 0 Å². The fraction of sp³-hybridized carbons (Fsp3) is 0.0278. The lowest BCUT2D eigenvalue weighted by Crippen LogP contribution is -2.33. The molecule has 0 saturated carbocycles. The maximum atomic E-state index is 2.56. The summed E-state index contributed by atoms with van der Waals surface area (Å²) < 4.78 is 2.54. The van der Waals surface area contributed by atoms with E-state index in [1.807, 2.05) is 0 Å². The molecule has 1 aliphatic heterocycles. The van der Waals surface area contributed by atoms with E-state index in [1.165, 1.54) is 127 Å². The molecule has 342 valence electrons. The van der Waals surface area contributed by atoms with Crippen LogP contribution < -0.4 is 4.90 Å². The number of anilines is 3. The third-order valence-corrected chi connectivity index (χ3v) is 17.4. The summed E-state index contributed by atoms with van der Waals surface area (Å²) >= 11 is 0. The monoisotopic (exact) mass is 936 g/mol. The van der Waals surface area contributed by atoms with E-state index in [9.17, 15) is 0 Å². The van der Waals surface area contributed by atoms with E-state index < -0.39 is 10.8 Å². The summed E-state index contributed by atoms with van der Waals surface area (Å²) in [5.41, 5.74) is 26.6. The van der Waals surface area contributed by atoms with Crippen molar-refractivity contribution in [2.24, 2.45) is 0 Å². The second-order valence-corrected chi connectivity index (χ2v) is 20.6. The zero-order valence-electron chi connectivity index (χ0n) is 40.3. The molecular formula is C72H44N2. The maximum Gasteiger partial charge on any atom is 0.0755 e. The molecule has 74 heavy (non-hydrogen) atoms. The topological polar surface area (TPSA) is 8.17 Å². The van der Waals surface area contributed by atoms with Crippen molar-refractivity contribution in [2.45, 2.75) is 10.8 Å². The van der Waals surface area contributed by atoms with Crippen LogP contribution >= 0.6 is 0 Å². The number of nitrogens with zero attached hydrogens (tertiary/aromatic N) is 2. The first-order valence-corrected chi connectivity index (χ1v) is 25.9. The summed E-state index contributed by atoms with van der Waals surface area (Å²) in [6, 6.07) is 101. The first-order chi connectivity index (χ1) is 36.7. The molecule has 0 N–H and O–H groups in total. The largest absolute Gasteiger partial charge is 0.310 e. The fourth-order valence-corrected chi connectivity index (χ4v) is 14.7. The minimum absolute atomic E-state index is 0.533. The summed E-state index contributed by atoms with van der Waals surface area (Å²) in [5.74, 6) is 0. The average Bonchev–Trinajstić information content (AvgIpc) is 4.33. The SMILES string of the molecule is c1ccc(-c2ccccc2N(c2ccc3c(c2)C2(c4ccccc4-c4ccccc42)c2ccc4ccccc4c2-3)c2ccc3c(c2)C2(c4ccccc4-3)c3ccccc3-n3c4ccccc4c4cccc2c43)cc1. The van der Waals surface area contributed by atoms with Gasteiger partial charge in [-0.3, -0.25) is 0 Å². The normalized spacial score (nSPS) is 15.5. The Kier molecular flexibility index (Phi) is 7.90. The van der Waals surface area contributed by atoms with Gasteiger partial charge in [-0.05, 0) is 137 Å². The molecular weight excluding hydrogens is 893 g/mol. The van der Waals surface area contributed by atoms with Gasteiger partial charge in [0.05, 0.1) is 33.2 Å². The van der Waals surface area contributed by atoms with E-state index in [-0.39, 0.29) is 0 Å². The van der Waals surface area contributed by atoms with Crippen LogP contribution in [0.4, 0.5) is 17.1 Å². The third-order valence-electron chi connectivity index (χ3n) is 17.4. The lowest BCUT2D eigenvalue weighted by Gasteiger charge is -2.40. The molecule has 12 aromatic carbocycles. The standard InChI is InChI=1S/C72H44N2/c1-2-19-45(20-3-1)49-22-9-15-34-66(49)73(48-39-41-57-65(44-48)71(62-42-37-46-21-4-5-23-50(46)69(57)62)58-29-11-6-24-51(58)52-25-7-12-30-59(52)71)47-38-40-54-53-26-8-13-31-60(53)72(64(54)43-47)61-32-14-17-36-68(61)74-67-35-16-10-27-55(67)56-28-18-33-63(72)70(56)74/h1-44H. The van der Waals surface area contributed by atoms with Gasteiger partial charge in [0.15, 0.2) is 0 Å². The van der Waals surface area contributed by atoms with Gasteiger partial charge in [0.2, 0.25) is 0 Å².